The summed E-state index contributed by atoms with van der Waals surface area (Å²) >= 11 is 0. The third-order valence-electron chi connectivity index (χ3n) is 10.3. The van der Waals surface area contributed by atoms with Crippen molar-refractivity contribution in [1.82, 2.24) is 0 Å². The van der Waals surface area contributed by atoms with Gasteiger partial charge in [0.1, 0.15) is 0 Å². The average Bonchev–Trinajstić information content (AvgIpc) is 3.02. The molecular weight excluding hydrogens is 532 g/mol. The molecule has 0 heterocycles. The van der Waals surface area contributed by atoms with E-state index in [9.17, 15) is 20.4 Å². The summed E-state index contributed by atoms with van der Waals surface area (Å²) in [6.07, 6.45) is 40.1. The van der Waals surface area contributed by atoms with Gasteiger partial charge in [0.2, 0.25) is 0 Å². The van der Waals surface area contributed by atoms with E-state index >= 15 is 0 Å². The van der Waals surface area contributed by atoms with Crippen LogP contribution in [0.1, 0.15) is 219 Å². The number of hydrogen-bond acceptors (Lipinski definition) is 4. The first kappa shape index (κ1) is 42.8. The Morgan fingerprint density at radius 2 is 0.488 bits per heavy atom. The maximum absolute atomic E-state index is 11.6. The van der Waals surface area contributed by atoms with Gasteiger partial charge >= 0.3 is 0 Å². The molecule has 0 aromatic carbocycles. The molecule has 4 N–H and O–H groups in total. The normalized spacial score (nSPS) is 12.4. The van der Waals surface area contributed by atoms with Crippen molar-refractivity contribution in [3.63, 3.8) is 0 Å². The van der Waals surface area contributed by atoms with E-state index in [4.69, 9.17) is 0 Å². The van der Waals surface area contributed by atoms with Crippen molar-refractivity contribution >= 4 is 0 Å². The molecule has 0 aromatic rings. The van der Waals surface area contributed by atoms with Gasteiger partial charge in [-0.2, -0.15) is 0 Å². The van der Waals surface area contributed by atoms with Crippen LogP contribution >= 0.6 is 0 Å². The highest BCUT2D eigenvalue weighted by molar-refractivity contribution is 4.98. The second kappa shape index (κ2) is 31.8. The predicted molar refractivity (Wildman–Crippen MR) is 188 cm³/mol. The minimum Gasteiger partial charge on any atom is -0.395 e. The lowest BCUT2D eigenvalue weighted by molar-refractivity contribution is -0.162. The van der Waals surface area contributed by atoms with Crippen molar-refractivity contribution in [3.8, 4) is 0 Å². The average molecular weight is 613 g/mol. The molecule has 0 bridgehead atoms. The van der Waals surface area contributed by atoms with Gasteiger partial charge in [-0.3, -0.25) is 0 Å². The lowest BCUT2D eigenvalue weighted by atomic mass is 9.68. The van der Waals surface area contributed by atoms with Gasteiger partial charge in [0.15, 0.2) is 0 Å². The number of aliphatic hydroxyl groups is 4. The first-order valence-electron chi connectivity index (χ1n) is 19.6. The standard InChI is InChI=1S/C39H80O4/c1-3-5-7-9-11-13-15-17-19-21-23-25-27-29-31-33-39(43,38(35-40,36-41)37-42)34-32-30-28-26-24-22-20-18-16-14-12-10-8-6-4-2/h40-43H,3-37H2,1-2H3. The van der Waals surface area contributed by atoms with Gasteiger partial charge < -0.3 is 20.4 Å². The Hall–Kier alpha value is -0.160. The Balaban J connectivity index is 4.01. The lowest BCUT2D eigenvalue weighted by Crippen LogP contribution is -2.55. The Morgan fingerprint density at radius 3 is 0.674 bits per heavy atom. The van der Waals surface area contributed by atoms with Crippen LogP contribution in [0.3, 0.4) is 0 Å². The summed E-state index contributed by atoms with van der Waals surface area (Å²) in [5.74, 6) is 0. The highest BCUT2D eigenvalue weighted by Gasteiger charge is 2.48. The summed E-state index contributed by atoms with van der Waals surface area (Å²) in [6.45, 7) is 3.41. The Morgan fingerprint density at radius 1 is 0.302 bits per heavy atom. The van der Waals surface area contributed by atoms with Gasteiger partial charge in [-0.25, -0.2) is 0 Å². The fourth-order valence-electron chi connectivity index (χ4n) is 6.82. The monoisotopic (exact) mass is 613 g/mol. The molecule has 4 heteroatoms. The SMILES string of the molecule is CCCCCCCCCCCCCCCCCC(O)(CCCCCCCCCCCCCCCCC)C(CO)(CO)CO. The van der Waals surface area contributed by atoms with E-state index in [2.05, 4.69) is 13.8 Å². The van der Waals surface area contributed by atoms with Crippen LogP contribution in [-0.4, -0.2) is 45.8 Å². The highest BCUT2D eigenvalue weighted by atomic mass is 16.3. The quantitative estimate of drug-likeness (QED) is 0.0531. The maximum atomic E-state index is 11.6. The molecule has 0 fully saturated rings. The third kappa shape index (κ3) is 22.9. The van der Waals surface area contributed by atoms with Gasteiger partial charge in [0, 0.05) is 0 Å². The molecule has 0 aromatic heterocycles. The zero-order chi connectivity index (χ0) is 31.7. The maximum Gasteiger partial charge on any atom is 0.0770 e. The molecule has 4 nitrogen and oxygen atoms in total. The van der Waals surface area contributed by atoms with Gasteiger partial charge in [0.05, 0.1) is 30.8 Å². The van der Waals surface area contributed by atoms with Crippen LogP contribution in [0, 0.1) is 5.41 Å². The van der Waals surface area contributed by atoms with Crippen molar-refractivity contribution in [3.05, 3.63) is 0 Å². The van der Waals surface area contributed by atoms with E-state index in [-0.39, 0.29) is 19.8 Å². The molecule has 0 atom stereocenters. The van der Waals surface area contributed by atoms with Crippen LogP contribution in [0.4, 0.5) is 0 Å². The molecule has 0 aliphatic carbocycles. The zero-order valence-corrected chi connectivity index (χ0v) is 29.5. The number of unbranched alkanes of at least 4 members (excludes halogenated alkanes) is 28. The van der Waals surface area contributed by atoms with E-state index < -0.39 is 11.0 Å². The summed E-state index contributed by atoms with van der Waals surface area (Å²) in [7, 11) is 0. The van der Waals surface area contributed by atoms with Gasteiger partial charge in [-0.1, -0.05) is 206 Å². The van der Waals surface area contributed by atoms with Crippen molar-refractivity contribution in [2.45, 2.75) is 225 Å². The minimum absolute atomic E-state index is 0.381. The van der Waals surface area contributed by atoms with E-state index in [1.54, 1.807) is 0 Å². The molecule has 0 aliphatic heterocycles. The summed E-state index contributed by atoms with van der Waals surface area (Å²) < 4.78 is 0. The number of hydrogen-bond donors (Lipinski definition) is 4. The summed E-state index contributed by atoms with van der Waals surface area (Å²) in [5, 5.41) is 41.9. The van der Waals surface area contributed by atoms with Gasteiger partial charge in [0.25, 0.3) is 0 Å². The molecule has 0 radical (unpaired) electrons. The van der Waals surface area contributed by atoms with E-state index in [0.717, 1.165) is 25.7 Å². The Bertz CT molecular complexity index is 491. The molecule has 43 heavy (non-hydrogen) atoms. The predicted octanol–water partition coefficient (Wildman–Crippen LogP) is 11.2. The topological polar surface area (TPSA) is 80.9 Å². The fraction of sp³-hybridized carbons (Fsp3) is 1.00. The number of aliphatic hydroxyl groups excluding tert-OH is 3. The molecule has 0 rings (SSSR count). The molecule has 0 saturated heterocycles. The first-order valence-corrected chi connectivity index (χ1v) is 19.6. The molecular formula is C39H80O4. The van der Waals surface area contributed by atoms with Crippen LogP contribution < -0.4 is 0 Å². The van der Waals surface area contributed by atoms with Crippen molar-refractivity contribution < 1.29 is 20.4 Å². The van der Waals surface area contributed by atoms with E-state index in [0.29, 0.717) is 12.8 Å². The molecule has 260 valence electrons. The smallest absolute Gasteiger partial charge is 0.0770 e. The third-order valence-corrected chi connectivity index (χ3v) is 10.3. The van der Waals surface area contributed by atoms with E-state index in [1.807, 2.05) is 0 Å². The highest BCUT2D eigenvalue weighted by Crippen LogP contribution is 2.39. The van der Waals surface area contributed by atoms with Gasteiger partial charge in [-0.05, 0) is 12.8 Å². The summed E-state index contributed by atoms with van der Waals surface area (Å²) in [4.78, 5) is 0. The first-order chi connectivity index (χ1) is 21.1. The Kier molecular flexibility index (Phi) is 31.7. The van der Waals surface area contributed by atoms with Crippen molar-refractivity contribution in [1.29, 1.82) is 0 Å². The molecule has 0 aliphatic rings. The van der Waals surface area contributed by atoms with Crippen LogP contribution in [0.15, 0.2) is 0 Å². The van der Waals surface area contributed by atoms with Gasteiger partial charge in [-0.15, -0.1) is 0 Å². The lowest BCUT2D eigenvalue weighted by Gasteiger charge is -2.44. The fourth-order valence-corrected chi connectivity index (χ4v) is 6.82. The second-order valence-electron chi connectivity index (χ2n) is 14.2. The van der Waals surface area contributed by atoms with E-state index in [1.165, 1.54) is 167 Å². The minimum atomic E-state index is -1.22. The van der Waals surface area contributed by atoms with Crippen LogP contribution in [-0.2, 0) is 0 Å². The van der Waals surface area contributed by atoms with Crippen LogP contribution in [0.25, 0.3) is 0 Å². The van der Waals surface area contributed by atoms with Crippen molar-refractivity contribution in [2.24, 2.45) is 5.41 Å². The number of rotatable bonds is 36. The zero-order valence-electron chi connectivity index (χ0n) is 29.5. The largest absolute Gasteiger partial charge is 0.395 e. The molecule has 0 amide bonds. The molecule has 0 unspecified atom stereocenters. The van der Waals surface area contributed by atoms with Crippen LogP contribution in [0.5, 0.6) is 0 Å². The molecule has 0 spiro atoms. The molecule has 0 saturated carbocycles. The van der Waals surface area contributed by atoms with Crippen molar-refractivity contribution in [2.75, 3.05) is 19.8 Å². The second-order valence-corrected chi connectivity index (χ2v) is 14.2. The summed E-state index contributed by atoms with van der Waals surface area (Å²) in [6, 6.07) is 0. The Labute approximate surface area is 270 Å². The van der Waals surface area contributed by atoms with Crippen LogP contribution in [0.2, 0.25) is 0 Å². The summed E-state index contributed by atoms with van der Waals surface area (Å²) in [5.41, 5.74) is -2.43.